The highest BCUT2D eigenvalue weighted by atomic mass is 35.5. The predicted molar refractivity (Wildman–Crippen MR) is 106 cm³/mol. The van der Waals surface area contributed by atoms with Gasteiger partial charge >= 0.3 is 5.97 Å². The van der Waals surface area contributed by atoms with Crippen LogP contribution in [0.3, 0.4) is 0 Å². The molecule has 1 saturated heterocycles. The lowest BCUT2D eigenvalue weighted by Crippen LogP contribution is -2.60. The summed E-state index contributed by atoms with van der Waals surface area (Å²) in [5, 5.41) is 13.3. The number of quaternary nitrogens is 1. The van der Waals surface area contributed by atoms with E-state index in [-0.39, 0.29) is 21.3 Å². The summed E-state index contributed by atoms with van der Waals surface area (Å²) in [5.74, 6) is -1.85. The second-order valence-corrected chi connectivity index (χ2v) is 8.66. The van der Waals surface area contributed by atoms with Gasteiger partial charge in [-0.25, -0.2) is 9.18 Å². The van der Waals surface area contributed by atoms with Crippen LogP contribution in [0.4, 0.5) is 10.1 Å². The van der Waals surface area contributed by atoms with Crippen molar-refractivity contribution in [3.05, 3.63) is 32.7 Å². The van der Waals surface area contributed by atoms with E-state index in [0.717, 1.165) is 13.1 Å². The largest absolute Gasteiger partial charge is 0.477 e. The minimum atomic E-state index is -1.30. The Morgan fingerprint density at radius 3 is 2.70 bits per heavy atom. The first-order chi connectivity index (χ1) is 12.8. The van der Waals surface area contributed by atoms with Gasteiger partial charge in [0, 0.05) is 13.1 Å². The Morgan fingerprint density at radius 2 is 2.15 bits per heavy atom. The Morgan fingerprint density at radius 1 is 1.48 bits per heavy atom. The number of nitrogens with zero attached hydrogens (tertiary/aromatic N) is 2. The molecule has 1 unspecified atom stereocenters. The molecular weight excluding hydrogens is 393 g/mol. The molecule has 0 saturated carbocycles. The first-order valence-corrected chi connectivity index (χ1v) is 10.2. The van der Waals surface area contributed by atoms with E-state index in [1.807, 2.05) is 13.8 Å². The summed E-state index contributed by atoms with van der Waals surface area (Å²) in [6.07, 6.45) is 0. The monoisotopic (exact) mass is 412 g/mol. The van der Waals surface area contributed by atoms with E-state index in [1.165, 1.54) is 17.8 Å². The van der Waals surface area contributed by atoms with Crippen LogP contribution < -0.4 is 15.2 Å². The fourth-order valence-corrected chi connectivity index (χ4v) is 5.83. The Bertz CT molecular complexity index is 1030. The number of rotatable bonds is 3. The number of fused-ring (bicyclic) bond motifs is 3. The molecule has 2 aromatic rings. The highest BCUT2D eigenvalue weighted by Gasteiger charge is 2.40. The lowest BCUT2D eigenvalue weighted by Gasteiger charge is -2.41. The van der Waals surface area contributed by atoms with Gasteiger partial charge in [0.15, 0.2) is 11.5 Å². The Balaban J connectivity index is 2.10. The van der Waals surface area contributed by atoms with Crippen LogP contribution in [0.5, 0.6) is 0 Å². The normalized spacial score (nSPS) is 21.0. The van der Waals surface area contributed by atoms with E-state index in [1.54, 1.807) is 4.57 Å². The van der Waals surface area contributed by atoms with Gasteiger partial charge in [0.1, 0.15) is 10.6 Å². The van der Waals surface area contributed by atoms with E-state index in [9.17, 15) is 14.7 Å². The summed E-state index contributed by atoms with van der Waals surface area (Å²) < 4.78 is 17.4. The number of hydrogen-bond acceptors (Lipinski definition) is 4. The number of aromatic carboxylic acids is 1. The highest BCUT2D eigenvalue weighted by molar-refractivity contribution is 8.00. The first-order valence-electron chi connectivity index (χ1n) is 8.90. The molecule has 27 heavy (non-hydrogen) atoms. The topological polar surface area (TPSA) is 71.3 Å². The van der Waals surface area contributed by atoms with E-state index in [0.29, 0.717) is 40.3 Å². The SMILES string of the molecule is CC[N+]1(c2c(F)cc3c(=O)c(C(=O)O)c4n(c3c2Cl)C(C)S4)CCNCC1. The quantitative estimate of drug-likeness (QED) is 0.758. The van der Waals surface area contributed by atoms with Gasteiger partial charge < -0.3 is 15.0 Å². The van der Waals surface area contributed by atoms with E-state index in [2.05, 4.69) is 5.32 Å². The second-order valence-electron chi connectivity index (χ2n) is 6.98. The molecule has 1 aromatic heterocycles. The lowest BCUT2D eigenvalue weighted by molar-refractivity contribution is 0.0689. The van der Waals surface area contributed by atoms with Crippen LogP contribution in [-0.2, 0) is 0 Å². The smallest absolute Gasteiger partial charge is 0.342 e. The molecular formula is C18H20ClFN3O3S+. The third-order valence-electron chi connectivity index (χ3n) is 5.69. The summed E-state index contributed by atoms with van der Waals surface area (Å²) >= 11 is 8.05. The van der Waals surface area contributed by atoms with Crippen LogP contribution in [0.15, 0.2) is 15.9 Å². The van der Waals surface area contributed by atoms with Crippen molar-refractivity contribution in [2.24, 2.45) is 0 Å². The predicted octanol–water partition coefficient (Wildman–Crippen LogP) is 3.05. The average molecular weight is 413 g/mol. The van der Waals surface area contributed by atoms with Gasteiger partial charge in [-0.3, -0.25) is 9.28 Å². The summed E-state index contributed by atoms with van der Waals surface area (Å²) in [7, 11) is 0. The Hall–Kier alpha value is -1.61. The van der Waals surface area contributed by atoms with E-state index in [4.69, 9.17) is 11.6 Å². The van der Waals surface area contributed by atoms with Gasteiger partial charge in [0.05, 0.1) is 40.9 Å². The van der Waals surface area contributed by atoms with Crippen molar-refractivity contribution in [2.75, 3.05) is 32.7 Å². The summed E-state index contributed by atoms with van der Waals surface area (Å²) in [6, 6.07) is 1.17. The molecule has 2 aliphatic heterocycles. The molecule has 0 amide bonds. The fraction of sp³-hybridized carbons (Fsp3) is 0.444. The number of carboxylic acid groups (broad SMARTS) is 1. The minimum Gasteiger partial charge on any atom is -0.477 e. The maximum absolute atomic E-state index is 15.2. The number of benzene rings is 1. The highest BCUT2D eigenvalue weighted by Crippen LogP contribution is 2.49. The minimum absolute atomic E-state index is 0.0268. The van der Waals surface area contributed by atoms with Crippen LogP contribution in [0.25, 0.3) is 10.9 Å². The number of likely N-dealkylation sites (N-methyl/N-ethyl adjacent to an activating group) is 1. The molecule has 1 fully saturated rings. The number of hydrogen-bond donors (Lipinski definition) is 2. The maximum atomic E-state index is 15.2. The third kappa shape index (κ3) is 2.54. The molecule has 6 nitrogen and oxygen atoms in total. The van der Waals surface area contributed by atoms with Crippen molar-refractivity contribution in [3.8, 4) is 0 Å². The van der Waals surface area contributed by atoms with Crippen LogP contribution in [0.2, 0.25) is 5.02 Å². The summed E-state index contributed by atoms with van der Waals surface area (Å²) in [6.45, 7) is 7.50. The van der Waals surface area contributed by atoms with Crippen molar-refractivity contribution in [1.29, 1.82) is 0 Å². The number of aromatic nitrogens is 1. The number of carbonyl (C=O) groups is 1. The van der Waals surface area contributed by atoms with Gasteiger partial charge in [-0.05, 0) is 19.9 Å². The van der Waals surface area contributed by atoms with Gasteiger partial charge in [-0.2, -0.15) is 0 Å². The standard InChI is InChI=1S/C18H19ClFN3O3S/c1-3-23(6-4-21-5-7-23)15-11(20)8-10-14(13(15)19)22-9(2)27-17(22)12(16(10)24)18(25)26/h8-9,21H,3-7H2,1-2H3/p+1. The van der Waals surface area contributed by atoms with Crippen LogP contribution >= 0.6 is 23.4 Å². The third-order valence-corrected chi connectivity index (χ3v) is 7.22. The Kier molecular flexibility index (Phi) is 4.50. The van der Waals surface area contributed by atoms with Gasteiger partial charge in [0.2, 0.25) is 5.43 Å². The van der Waals surface area contributed by atoms with Crippen LogP contribution in [0.1, 0.15) is 29.6 Å². The van der Waals surface area contributed by atoms with Gasteiger partial charge in [-0.15, -0.1) is 0 Å². The number of nitrogens with one attached hydrogen (secondary N) is 1. The van der Waals surface area contributed by atoms with Crippen LogP contribution in [0, 0.1) is 5.82 Å². The van der Waals surface area contributed by atoms with Crippen molar-refractivity contribution in [2.45, 2.75) is 24.2 Å². The molecule has 144 valence electrons. The molecule has 4 rings (SSSR count). The zero-order chi connectivity index (χ0) is 19.5. The number of halogens is 2. The number of pyridine rings is 1. The Labute approximate surface area is 164 Å². The molecule has 2 aliphatic rings. The molecule has 0 bridgehead atoms. The van der Waals surface area contributed by atoms with E-state index >= 15 is 4.39 Å². The maximum Gasteiger partial charge on any atom is 0.342 e. The van der Waals surface area contributed by atoms with Crippen molar-refractivity contribution >= 4 is 45.9 Å². The molecule has 0 aliphatic carbocycles. The molecule has 2 N–H and O–H groups in total. The van der Waals surface area contributed by atoms with Gasteiger partial charge in [-0.1, -0.05) is 23.4 Å². The van der Waals surface area contributed by atoms with Crippen molar-refractivity contribution in [3.63, 3.8) is 0 Å². The number of piperazine rings is 1. The molecule has 0 spiro atoms. The zero-order valence-corrected chi connectivity index (χ0v) is 16.6. The fourth-order valence-electron chi connectivity index (χ4n) is 4.23. The molecule has 3 heterocycles. The summed E-state index contributed by atoms with van der Waals surface area (Å²) in [5.41, 5.74) is -0.155. The van der Waals surface area contributed by atoms with E-state index < -0.39 is 17.2 Å². The second kappa shape index (κ2) is 6.48. The molecule has 9 heteroatoms. The number of thioether (sulfide) groups is 1. The van der Waals surface area contributed by atoms with Crippen molar-refractivity contribution < 1.29 is 14.3 Å². The van der Waals surface area contributed by atoms with Crippen molar-refractivity contribution in [1.82, 2.24) is 14.4 Å². The van der Waals surface area contributed by atoms with Crippen LogP contribution in [-0.4, -0.2) is 48.4 Å². The average Bonchev–Trinajstić information content (AvgIpc) is 2.63. The zero-order valence-electron chi connectivity index (χ0n) is 15.0. The summed E-state index contributed by atoms with van der Waals surface area (Å²) in [4.78, 5) is 24.4. The molecule has 1 atom stereocenters. The first kappa shape index (κ1) is 18.7. The van der Waals surface area contributed by atoms with Gasteiger partial charge in [0.25, 0.3) is 0 Å². The lowest BCUT2D eigenvalue weighted by atomic mass is 10.1. The molecule has 1 aromatic carbocycles. The number of carboxylic acids is 1. The molecule has 0 radical (unpaired) electrons.